The van der Waals surface area contributed by atoms with Gasteiger partial charge in [-0.2, -0.15) is 0 Å². The summed E-state index contributed by atoms with van der Waals surface area (Å²) in [6.07, 6.45) is 0. The lowest BCUT2D eigenvalue weighted by Gasteiger charge is -2.32. The zero-order valence-corrected chi connectivity index (χ0v) is 13.6. The van der Waals surface area contributed by atoms with Gasteiger partial charge in [0, 0.05) is 8.95 Å². The lowest BCUT2D eigenvalue weighted by atomic mass is 9.79. The van der Waals surface area contributed by atoms with Crippen molar-refractivity contribution in [2.45, 2.75) is 38.9 Å². The zero-order valence-electron chi connectivity index (χ0n) is 10.4. The summed E-state index contributed by atoms with van der Waals surface area (Å²) in [5.41, 5.74) is 0.400. The first-order chi connectivity index (χ1) is 7.74. The third-order valence-corrected chi connectivity index (χ3v) is 5.57. The van der Waals surface area contributed by atoms with E-state index in [4.69, 9.17) is 9.31 Å². The van der Waals surface area contributed by atoms with Gasteiger partial charge in [-0.15, -0.1) is 0 Å². The van der Waals surface area contributed by atoms with Crippen LogP contribution in [0.1, 0.15) is 27.7 Å². The zero-order chi connectivity index (χ0) is 12.8. The van der Waals surface area contributed by atoms with Gasteiger partial charge in [0.15, 0.2) is 0 Å². The van der Waals surface area contributed by atoms with Crippen LogP contribution in [0.5, 0.6) is 0 Å². The molecule has 2 rings (SSSR count). The normalized spacial score (nSPS) is 21.9. The number of rotatable bonds is 1. The second-order valence-corrected chi connectivity index (χ2v) is 6.88. The lowest BCUT2D eigenvalue weighted by Crippen LogP contribution is -2.41. The van der Waals surface area contributed by atoms with Crippen LogP contribution in [0.4, 0.5) is 0 Å². The highest BCUT2D eigenvalue weighted by Crippen LogP contribution is 2.37. The maximum Gasteiger partial charge on any atom is 0.496 e. The average Bonchev–Trinajstić information content (AvgIpc) is 2.40. The lowest BCUT2D eigenvalue weighted by molar-refractivity contribution is 0.00578. The van der Waals surface area contributed by atoms with Crippen molar-refractivity contribution in [2.75, 3.05) is 0 Å². The molecule has 0 aromatic heterocycles. The van der Waals surface area contributed by atoms with Gasteiger partial charge in [0.1, 0.15) is 0 Å². The molecule has 0 amide bonds. The maximum absolute atomic E-state index is 6.01. The minimum absolute atomic E-state index is 0.306. The highest BCUT2D eigenvalue weighted by atomic mass is 79.9. The predicted molar refractivity (Wildman–Crippen MR) is 77.6 cm³/mol. The number of hydrogen-bond donors (Lipinski definition) is 0. The van der Waals surface area contributed by atoms with Gasteiger partial charge in [-0.25, -0.2) is 0 Å². The Balaban J connectivity index is 2.36. The molecule has 1 aliphatic heterocycles. The third-order valence-electron chi connectivity index (χ3n) is 3.49. The van der Waals surface area contributed by atoms with Gasteiger partial charge in [-0.3, -0.25) is 0 Å². The average molecular weight is 362 g/mol. The predicted octanol–water partition coefficient (Wildman–Crippen LogP) is 3.51. The van der Waals surface area contributed by atoms with E-state index in [1.54, 1.807) is 0 Å². The van der Waals surface area contributed by atoms with Gasteiger partial charge in [0.25, 0.3) is 0 Å². The monoisotopic (exact) mass is 360 g/mol. The number of halogens is 2. The summed E-state index contributed by atoms with van der Waals surface area (Å²) in [6, 6.07) is 5.98. The van der Waals surface area contributed by atoms with Crippen LogP contribution in [0.25, 0.3) is 0 Å². The van der Waals surface area contributed by atoms with Crippen LogP contribution in [0, 0.1) is 0 Å². The van der Waals surface area contributed by atoms with Crippen molar-refractivity contribution in [2.24, 2.45) is 0 Å². The van der Waals surface area contributed by atoms with Crippen LogP contribution >= 0.6 is 31.9 Å². The Morgan fingerprint density at radius 1 is 1.00 bits per heavy atom. The molecule has 1 aliphatic rings. The molecule has 1 aromatic rings. The quantitative estimate of drug-likeness (QED) is 0.713. The summed E-state index contributed by atoms with van der Waals surface area (Å²) < 4.78 is 14.0. The van der Waals surface area contributed by atoms with Crippen LogP contribution in [0.15, 0.2) is 27.1 Å². The van der Waals surface area contributed by atoms with E-state index in [9.17, 15) is 0 Å². The minimum atomic E-state index is -0.327. The van der Waals surface area contributed by atoms with Gasteiger partial charge in [-0.1, -0.05) is 12.1 Å². The molecule has 92 valence electrons. The van der Waals surface area contributed by atoms with Gasteiger partial charge in [0.2, 0.25) is 0 Å². The topological polar surface area (TPSA) is 18.5 Å². The van der Waals surface area contributed by atoms with Crippen LogP contribution in [-0.2, 0) is 9.31 Å². The van der Waals surface area contributed by atoms with Gasteiger partial charge < -0.3 is 9.31 Å². The smallest absolute Gasteiger partial charge is 0.399 e. The third kappa shape index (κ3) is 2.35. The van der Waals surface area contributed by atoms with Crippen LogP contribution in [-0.4, -0.2) is 18.3 Å². The summed E-state index contributed by atoms with van der Waals surface area (Å²) >= 11 is 7.05. The Kier molecular flexibility index (Phi) is 3.49. The molecule has 0 bridgehead atoms. The first-order valence-electron chi connectivity index (χ1n) is 5.54. The van der Waals surface area contributed by atoms with E-state index in [1.807, 2.05) is 18.2 Å². The van der Waals surface area contributed by atoms with Crippen molar-refractivity contribution >= 4 is 44.4 Å². The molecule has 2 nitrogen and oxygen atoms in total. The van der Waals surface area contributed by atoms with Crippen LogP contribution in [0.3, 0.4) is 0 Å². The number of hydrogen-bond acceptors (Lipinski definition) is 2. The Morgan fingerprint density at radius 3 is 2.06 bits per heavy atom. The van der Waals surface area contributed by atoms with Crippen molar-refractivity contribution in [3.05, 3.63) is 27.1 Å². The summed E-state index contributed by atoms with van der Waals surface area (Å²) in [5.74, 6) is 0. The Bertz CT molecular complexity index is 430. The van der Waals surface area contributed by atoms with E-state index in [0.29, 0.717) is 0 Å². The number of benzene rings is 1. The summed E-state index contributed by atoms with van der Waals surface area (Å²) in [7, 11) is -0.327. The standard InChI is InChI=1S/C12H15BBr2O2/c1-11(2)12(3,4)17-13(16-11)8-6-5-7-9(14)10(8)15/h5-7H,1-4H3. The second kappa shape index (κ2) is 4.37. The Hall–Kier alpha value is 0.165. The molecule has 0 aliphatic carbocycles. The molecule has 1 aromatic carbocycles. The fraction of sp³-hybridized carbons (Fsp3) is 0.500. The SMILES string of the molecule is CC1(C)OB(c2cccc(Br)c2Br)OC1(C)C. The van der Waals surface area contributed by atoms with Gasteiger partial charge >= 0.3 is 7.12 Å². The molecule has 0 saturated carbocycles. The fourth-order valence-electron chi connectivity index (χ4n) is 1.67. The molecule has 1 saturated heterocycles. The van der Waals surface area contributed by atoms with E-state index in [2.05, 4.69) is 59.6 Å². The van der Waals surface area contributed by atoms with E-state index in [-0.39, 0.29) is 18.3 Å². The molecule has 17 heavy (non-hydrogen) atoms. The Morgan fingerprint density at radius 2 is 1.53 bits per heavy atom. The molecular weight excluding hydrogens is 347 g/mol. The van der Waals surface area contributed by atoms with Crippen molar-refractivity contribution in [3.63, 3.8) is 0 Å². The van der Waals surface area contributed by atoms with Crippen molar-refractivity contribution < 1.29 is 9.31 Å². The molecule has 0 unspecified atom stereocenters. The molecule has 0 N–H and O–H groups in total. The first-order valence-corrected chi connectivity index (χ1v) is 7.13. The van der Waals surface area contributed by atoms with E-state index >= 15 is 0 Å². The summed E-state index contributed by atoms with van der Waals surface area (Å²) in [4.78, 5) is 0. The first kappa shape index (κ1) is 13.6. The second-order valence-electron chi connectivity index (χ2n) is 5.23. The van der Waals surface area contributed by atoms with Crippen LogP contribution < -0.4 is 5.46 Å². The highest BCUT2D eigenvalue weighted by Gasteiger charge is 2.52. The summed E-state index contributed by atoms with van der Waals surface area (Å²) in [5, 5.41) is 0. The molecule has 0 spiro atoms. The summed E-state index contributed by atoms with van der Waals surface area (Å²) in [6.45, 7) is 8.22. The van der Waals surface area contributed by atoms with Gasteiger partial charge in [-0.05, 0) is 71.1 Å². The molecule has 1 heterocycles. The van der Waals surface area contributed by atoms with Crippen LogP contribution in [0.2, 0.25) is 0 Å². The largest absolute Gasteiger partial charge is 0.496 e. The molecule has 1 fully saturated rings. The molecule has 0 radical (unpaired) electrons. The maximum atomic E-state index is 6.01. The van der Waals surface area contributed by atoms with E-state index < -0.39 is 0 Å². The van der Waals surface area contributed by atoms with E-state index in [0.717, 1.165) is 14.4 Å². The minimum Gasteiger partial charge on any atom is -0.399 e. The van der Waals surface area contributed by atoms with Gasteiger partial charge in [0.05, 0.1) is 11.2 Å². The van der Waals surface area contributed by atoms with Crippen molar-refractivity contribution in [3.8, 4) is 0 Å². The molecule has 5 heteroatoms. The van der Waals surface area contributed by atoms with Crippen molar-refractivity contribution in [1.82, 2.24) is 0 Å². The highest BCUT2D eigenvalue weighted by molar-refractivity contribution is 9.13. The fourth-order valence-corrected chi connectivity index (χ4v) is 2.51. The Labute approximate surface area is 119 Å². The molecular formula is C12H15BBr2O2. The molecule has 0 atom stereocenters. The van der Waals surface area contributed by atoms with Crippen molar-refractivity contribution in [1.29, 1.82) is 0 Å². The van der Waals surface area contributed by atoms with E-state index in [1.165, 1.54) is 0 Å².